The Kier molecular flexibility index (Phi) is 3.35. The van der Waals surface area contributed by atoms with Gasteiger partial charge in [0.1, 0.15) is 0 Å². The number of halogens is 1. The molecule has 0 fully saturated rings. The number of nitrogen functional groups attached to an aromatic ring is 1. The predicted molar refractivity (Wildman–Crippen MR) is 78.2 cm³/mol. The third-order valence-electron chi connectivity index (χ3n) is 2.89. The third-order valence-corrected chi connectivity index (χ3v) is 3.10. The molecular formula is C14H12ClN5. The van der Waals surface area contributed by atoms with Crippen LogP contribution in [0.5, 0.6) is 0 Å². The number of nitrogens with two attached hydrogens (primary N) is 1. The highest BCUT2D eigenvalue weighted by Crippen LogP contribution is 2.24. The first-order chi connectivity index (χ1) is 9.72. The maximum atomic E-state index is 6.02. The summed E-state index contributed by atoms with van der Waals surface area (Å²) in [7, 11) is 0. The molecule has 1 heterocycles. The lowest BCUT2D eigenvalue weighted by Crippen LogP contribution is -2.04. The normalized spacial score (nSPS) is 10.7. The molecule has 0 unspecified atom stereocenters. The smallest absolute Gasteiger partial charge is 0.182 e. The van der Waals surface area contributed by atoms with E-state index in [-0.39, 0.29) is 0 Å². The van der Waals surface area contributed by atoms with Crippen molar-refractivity contribution in [2.45, 2.75) is 6.54 Å². The fourth-order valence-corrected chi connectivity index (χ4v) is 2.26. The molecule has 0 amide bonds. The molecule has 2 aromatic carbocycles. The van der Waals surface area contributed by atoms with Crippen LogP contribution in [0.1, 0.15) is 5.56 Å². The molecule has 5 nitrogen and oxygen atoms in total. The van der Waals surface area contributed by atoms with E-state index in [0.717, 1.165) is 11.1 Å². The number of anilines is 1. The van der Waals surface area contributed by atoms with E-state index >= 15 is 0 Å². The van der Waals surface area contributed by atoms with E-state index in [2.05, 4.69) is 15.5 Å². The van der Waals surface area contributed by atoms with Crippen molar-refractivity contribution in [1.82, 2.24) is 20.2 Å². The Morgan fingerprint density at radius 1 is 1.10 bits per heavy atom. The summed E-state index contributed by atoms with van der Waals surface area (Å²) in [4.78, 5) is 0. The van der Waals surface area contributed by atoms with Gasteiger partial charge in [0, 0.05) is 16.3 Å². The molecule has 3 rings (SSSR count). The number of tetrazole rings is 1. The van der Waals surface area contributed by atoms with Gasteiger partial charge in [-0.2, -0.15) is 0 Å². The Bertz CT molecular complexity index is 703. The van der Waals surface area contributed by atoms with Crippen LogP contribution in [0, 0.1) is 0 Å². The molecule has 0 radical (unpaired) electrons. The van der Waals surface area contributed by atoms with E-state index in [1.54, 1.807) is 22.9 Å². The molecule has 0 atom stereocenters. The van der Waals surface area contributed by atoms with Gasteiger partial charge in [0.15, 0.2) is 5.82 Å². The summed E-state index contributed by atoms with van der Waals surface area (Å²) in [5, 5.41) is 12.4. The van der Waals surface area contributed by atoms with E-state index in [1.165, 1.54) is 0 Å². The van der Waals surface area contributed by atoms with E-state index in [0.29, 0.717) is 23.1 Å². The van der Waals surface area contributed by atoms with Crippen molar-refractivity contribution in [3.8, 4) is 11.4 Å². The molecule has 0 saturated heterocycles. The second-order valence-electron chi connectivity index (χ2n) is 4.42. The Balaban J connectivity index is 1.98. The van der Waals surface area contributed by atoms with Gasteiger partial charge in [-0.1, -0.05) is 41.9 Å². The average molecular weight is 286 g/mol. The zero-order valence-electron chi connectivity index (χ0n) is 10.6. The minimum absolute atomic E-state index is 0.564. The number of hydrogen-bond acceptors (Lipinski definition) is 4. The van der Waals surface area contributed by atoms with Crippen molar-refractivity contribution >= 4 is 17.3 Å². The van der Waals surface area contributed by atoms with Crippen LogP contribution in [0.15, 0.2) is 48.5 Å². The molecular weight excluding hydrogens is 274 g/mol. The standard InChI is InChI=1S/C14H12ClN5/c15-12-6-11(7-13(16)8-12)14-17-18-19-20(14)9-10-4-2-1-3-5-10/h1-8H,9,16H2. The van der Waals surface area contributed by atoms with Crippen molar-refractivity contribution in [2.75, 3.05) is 5.73 Å². The number of nitrogens with zero attached hydrogens (tertiary/aromatic N) is 4. The molecule has 0 bridgehead atoms. The zero-order valence-corrected chi connectivity index (χ0v) is 11.3. The Labute approximate surface area is 121 Å². The highest BCUT2D eigenvalue weighted by Gasteiger charge is 2.10. The summed E-state index contributed by atoms with van der Waals surface area (Å²) in [5.74, 6) is 0.642. The fourth-order valence-electron chi connectivity index (χ4n) is 2.02. The van der Waals surface area contributed by atoms with Crippen LogP contribution < -0.4 is 5.73 Å². The van der Waals surface area contributed by atoms with Gasteiger partial charge in [-0.05, 0) is 34.2 Å². The van der Waals surface area contributed by atoms with Crippen molar-refractivity contribution in [3.05, 3.63) is 59.1 Å². The van der Waals surface area contributed by atoms with E-state index < -0.39 is 0 Å². The lowest BCUT2D eigenvalue weighted by Gasteiger charge is -2.06. The highest BCUT2D eigenvalue weighted by atomic mass is 35.5. The van der Waals surface area contributed by atoms with Gasteiger partial charge in [0.05, 0.1) is 6.54 Å². The van der Waals surface area contributed by atoms with Gasteiger partial charge in [-0.25, -0.2) is 4.68 Å². The van der Waals surface area contributed by atoms with Crippen LogP contribution >= 0.6 is 11.6 Å². The van der Waals surface area contributed by atoms with Crippen LogP contribution in [0.3, 0.4) is 0 Å². The molecule has 0 spiro atoms. The van der Waals surface area contributed by atoms with Crippen LogP contribution in [0.25, 0.3) is 11.4 Å². The minimum Gasteiger partial charge on any atom is -0.399 e. The Hall–Kier alpha value is -2.40. The molecule has 0 saturated carbocycles. The van der Waals surface area contributed by atoms with Crippen LogP contribution in [-0.2, 0) is 6.54 Å². The molecule has 2 N–H and O–H groups in total. The van der Waals surface area contributed by atoms with Gasteiger partial charge in [-0.15, -0.1) is 5.10 Å². The van der Waals surface area contributed by atoms with Crippen molar-refractivity contribution in [3.63, 3.8) is 0 Å². The highest BCUT2D eigenvalue weighted by molar-refractivity contribution is 6.31. The molecule has 0 aliphatic rings. The van der Waals surface area contributed by atoms with Crippen molar-refractivity contribution in [2.24, 2.45) is 0 Å². The molecule has 6 heteroatoms. The molecule has 1 aromatic heterocycles. The van der Waals surface area contributed by atoms with Gasteiger partial charge in [0.25, 0.3) is 0 Å². The van der Waals surface area contributed by atoms with Crippen LogP contribution in [0.2, 0.25) is 5.02 Å². The Morgan fingerprint density at radius 3 is 2.65 bits per heavy atom. The number of benzene rings is 2. The summed E-state index contributed by atoms with van der Waals surface area (Å²) in [6, 6.07) is 15.3. The number of rotatable bonds is 3. The third kappa shape index (κ3) is 2.62. The second-order valence-corrected chi connectivity index (χ2v) is 4.86. The van der Waals surface area contributed by atoms with Gasteiger partial charge in [0.2, 0.25) is 0 Å². The van der Waals surface area contributed by atoms with E-state index in [4.69, 9.17) is 17.3 Å². The quantitative estimate of drug-likeness (QED) is 0.751. The summed E-state index contributed by atoms with van der Waals surface area (Å²) in [5.41, 5.74) is 8.31. The largest absolute Gasteiger partial charge is 0.399 e. The first-order valence-electron chi connectivity index (χ1n) is 6.09. The van der Waals surface area contributed by atoms with Crippen LogP contribution in [-0.4, -0.2) is 20.2 Å². The van der Waals surface area contributed by atoms with Crippen molar-refractivity contribution < 1.29 is 0 Å². The lowest BCUT2D eigenvalue weighted by molar-refractivity contribution is 0.653. The number of hydrogen-bond donors (Lipinski definition) is 1. The minimum atomic E-state index is 0.564. The molecule has 0 aliphatic heterocycles. The van der Waals surface area contributed by atoms with Gasteiger partial charge < -0.3 is 5.73 Å². The second kappa shape index (κ2) is 5.30. The summed E-state index contributed by atoms with van der Waals surface area (Å²) >= 11 is 6.02. The average Bonchev–Trinajstić information content (AvgIpc) is 2.87. The van der Waals surface area contributed by atoms with Gasteiger partial charge in [-0.3, -0.25) is 0 Å². The fraction of sp³-hybridized carbons (Fsp3) is 0.0714. The summed E-state index contributed by atoms with van der Waals surface area (Å²) in [6.07, 6.45) is 0. The first-order valence-corrected chi connectivity index (χ1v) is 6.47. The molecule has 0 aliphatic carbocycles. The van der Waals surface area contributed by atoms with Crippen molar-refractivity contribution in [1.29, 1.82) is 0 Å². The van der Waals surface area contributed by atoms with E-state index in [9.17, 15) is 0 Å². The zero-order chi connectivity index (χ0) is 13.9. The molecule has 20 heavy (non-hydrogen) atoms. The van der Waals surface area contributed by atoms with Gasteiger partial charge >= 0.3 is 0 Å². The Morgan fingerprint density at radius 2 is 1.90 bits per heavy atom. The summed E-state index contributed by atoms with van der Waals surface area (Å²) < 4.78 is 1.72. The number of aromatic nitrogens is 4. The van der Waals surface area contributed by atoms with E-state index in [1.807, 2.05) is 30.3 Å². The topological polar surface area (TPSA) is 69.6 Å². The molecule has 3 aromatic rings. The van der Waals surface area contributed by atoms with Crippen LogP contribution in [0.4, 0.5) is 5.69 Å². The lowest BCUT2D eigenvalue weighted by atomic mass is 10.2. The SMILES string of the molecule is Nc1cc(Cl)cc(-c2nnnn2Cc2ccccc2)c1. The molecule has 100 valence electrons. The monoisotopic (exact) mass is 285 g/mol. The predicted octanol–water partition coefficient (Wildman–Crippen LogP) is 2.62. The summed E-state index contributed by atoms with van der Waals surface area (Å²) in [6.45, 7) is 0.593. The maximum absolute atomic E-state index is 6.02. The first kappa shape index (κ1) is 12.6. The maximum Gasteiger partial charge on any atom is 0.182 e.